The molecular formula is C23H20BrIN2O3S. The van der Waals surface area contributed by atoms with Gasteiger partial charge < -0.3 is 9.47 Å². The Morgan fingerprint density at radius 2 is 1.87 bits per heavy atom. The number of fused-ring (bicyclic) bond motifs is 1. The summed E-state index contributed by atoms with van der Waals surface area (Å²) in [7, 11) is 0. The maximum absolute atomic E-state index is 12.8. The minimum Gasteiger partial charge on any atom is -0.468 e. The van der Waals surface area contributed by atoms with Crippen LogP contribution >= 0.6 is 50.9 Å². The fourth-order valence-electron chi connectivity index (χ4n) is 2.89. The molecule has 0 saturated carbocycles. The lowest BCUT2D eigenvalue weighted by molar-refractivity contribution is 0.0225. The quantitative estimate of drug-likeness (QED) is 0.142. The molecule has 0 aliphatic carbocycles. The highest BCUT2D eigenvalue weighted by Crippen LogP contribution is 2.30. The molecule has 160 valence electrons. The number of ether oxygens (including phenoxy) is 2. The second-order valence-corrected chi connectivity index (χ2v) is 8.72. The van der Waals surface area contributed by atoms with Crippen molar-refractivity contribution < 1.29 is 14.3 Å². The summed E-state index contributed by atoms with van der Waals surface area (Å²) in [4.78, 5) is 17.3. The molecule has 31 heavy (non-hydrogen) atoms. The molecule has 1 amide bonds. The van der Waals surface area contributed by atoms with Crippen molar-refractivity contribution in [3.8, 4) is 16.9 Å². The second-order valence-electron chi connectivity index (χ2n) is 6.45. The van der Waals surface area contributed by atoms with Gasteiger partial charge in [0.05, 0.1) is 10.2 Å². The van der Waals surface area contributed by atoms with Gasteiger partial charge in [0, 0.05) is 15.7 Å². The Morgan fingerprint density at radius 3 is 2.65 bits per heavy atom. The van der Waals surface area contributed by atoms with Crippen LogP contribution in [0.4, 0.5) is 5.13 Å². The number of carbonyl (C=O) groups excluding carboxylic acids is 1. The van der Waals surface area contributed by atoms with Gasteiger partial charge in [0.15, 0.2) is 11.9 Å². The molecule has 0 atom stereocenters. The number of hydrogen-bond acceptors (Lipinski definition) is 5. The van der Waals surface area contributed by atoms with Crippen LogP contribution in [0.2, 0.25) is 0 Å². The first-order valence-electron chi connectivity index (χ1n) is 9.41. The predicted octanol–water partition coefficient (Wildman–Crippen LogP) is 6.77. The van der Waals surface area contributed by atoms with E-state index in [9.17, 15) is 4.79 Å². The number of benzene rings is 3. The Kier molecular flexibility index (Phi) is 8.42. The first-order chi connectivity index (χ1) is 14.6. The van der Waals surface area contributed by atoms with Crippen LogP contribution in [-0.2, 0) is 4.74 Å². The summed E-state index contributed by atoms with van der Waals surface area (Å²) in [6.45, 7) is 2.73. The number of rotatable bonds is 7. The first kappa shape index (κ1) is 23.6. The fourth-order valence-corrected chi connectivity index (χ4v) is 4.14. The Bertz CT molecular complexity index is 1180. The molecule has 0 bridgehead atoms. The molecule has 4 aromatic rings. The van der Waals surface area contributed by atoms with Gasteiger partial charge in [0.25, 0.3) is 5.91 Å². The van der Waals surface area contributed by atoms with Gasteiger partial charge in [0.1, 0.15) is 5.75 Å². The first-order valence-corrected chi connectivity index (χ1v) is 11.3. The summed E-state index contributed by atoms with van der Waals surface area (Å²) in [5, 5.41) is 3.46. The van der Waals surface area contributed by atoms with Crippen molar-refractivity contribution in [3.63, 3.8) is 0 Å². The van der Waals surface area contributed by atoms with E-state index in [1.165, 1.54) is 14.9 Å². The molecule has 8 heteroatoms. The molecule has 1 N–H and O–H groups in total. The molecule has 1 heterocycles. The van der Waals surface area contributed by atoms with Crippen molar-refractivity contribution in [2.75, 3.05) is 18.7 Å². The van der Waals surface area contributed by atoms with E-state index in [0.717, 1.165) is 21.3 Å². The average molecular weight is 611 g/mol. The van der Waals surface area contributed by atoms with Gasteiger partial charge in [0.2, 0.25) is 0 Å². The molecule has 5 nitrogen and oxygen atoms in total. The van der Waals surface area contributed by atoms with Crippen LogP contribution in [0.3, 0.4) is 0 Å². The Labute approximate surface area is 208 Å². The molecule has 0 spiro atoms. The van der Waals surface area contributed by atoms with E-state index < -0.39 is 0 Å². The molecule has 0 aliphatic rings. The summed E-state index contributed by atoms with van der Waals surface area (Å²) in [6, 6.07) is 21.4. The van der Waals surface area contributed by atoms with E-state index in [1.807, 2.05) is 43.3 Å². The minimum atomic E-state index is -0.186. The highest BCUT2D eigenvalue weighted by molar-refractivity contribution is 14.1. The van der Waals surface area contributed by atoms with Gasteiger partial charge in [-0.25, -0.2) is 4.98 Å². The summed E-state index contributed by atoms with van der Waals surface area (Å²) >= 11 is 3.69. The third kappa shape index (κ3) is 6.03. The lowest BCUT2D eigenvalue weighted by Crippen LogP contribution is -2.11. The normalized spacial score (nSPS) is 10.5. The zero-order valence-electron chi connectivity index (χ0n) is 16.6. The van der Waals surface area contributed by atoms with Crippen LogP contribution < -0.4 is 10.1 Å². The Hall–Kier alpha value is -2.01. The maximum Gasteiger partial charge on any atom is 0.257 e. The monoisotopic (exact) mass is 610 g/mol. The van der Waals surface area contributed by atoms with Gasteiger partial charge in [-0.2, -0.15) is 0 Å². The van der Waals surface area contributed by atoms with Gasteiger partial charge in [-0.3, -0.25) is 10.1 Å². The van der Waals surface area contributed by atoms with Crippen molar-refractivity contribution in [2.45, 2.75) is 6.92 Å². The molecule has 0 aliphatic heterocycles. The van der Waals surface area contributed by atoms with E-state index in [2.05, 4.69) is 57.2 Å². The molecule has 0 radical (unpaired) electrons. The number of hydrogen-bond donors (Lipinski definition) is 1. The zero-order valence-corrected chi connectivity index (χ0v) is 21.3. The third-order valence-electron chi connectivity index (χ3n) is 4.40. The number of aromatic nitrogens is 1. The number of halogens is 2. The molecule has 4 rings (SSSR count). The zero-order chi connectivity index (χ0) is 20.9. The Balaban J connectivity index is 0.00000272. The van der Waals surface area contributed by atoms with E-state index in [1.54, 1.807) is 6.07 Å². The van der Waals surface area contributed by atoms with E-state index in [4.69, 9.17) is 9.47 Å². The van der Waals surface area contributed by atoms with E-state index in [0.29, 0.717) is 23.1 Å². The SMILES string of the molecule is Br.CCOCOc1ccc2nc(NC(=O)c3cccc(-c4ccc(I)cc4)c3)sc2c1. The second kappa shape index (κ2) is 11.0. The number of thiazole rings is 1. The molecule has 0 saturated heterocycles. The van der Waals surface area contributed by atoms with Crippen LogP contribution in [0, 0.1) is 3.57 Å². The van der Waals surface area contributed by atoms with Crippen LogP contribution in [0.15, 0.2) is 66.7 Å². The highest BCUT2D eigenvalue weighted by Gasteiger charge is 2.12. The molecular weight excluding hydrogens is 591 g/mol. The smallest absolute Gasteiger partial charge is 0.257 e. The largest absolute Gasteiger partial charge is 0.468 e. The van der Waals surface area contributed by atoms with Gasteiger partial charge >= 0.3 is 0 Å². The topological polar surface area (TPSA) is 60.5 Å². The summed E-state index contributed by atoms with van der Waals surface area (Å²) < 4.78 is 12.9. The van der Waals surface area contributed by atoms with Crippen molar-refractivity contribution in [2.24, 2.45) is 0 Å². The van der Waals surface area contributed by atoms with Crippen molar-refractivity contribution in [1.29, 1.82) is 0 Å². The van der Waals surface area contributed by atoms with E-state index >= 15 is 0 Å². The molecule has 0 fully saturated rings. The molecule has 3 aromatic carbocycles. The lowest BCUT2D eigenvalue weighted by Gasteiger charge is -2.06. The number of carbonyl (C=O) groups is 1. The number of amides is 1. The summed E-state index contributed by atoms with van der Waals surface area (Å²) in [5.41, 5.74) is 3.47. The van der Waals surface area contributed by atoms with Crippen LogP contribution in [0.1, 0.15) is 17.3 Å². The van der Waals surface area contributed by atoms with Gasteiger partial charge in [-0.05, 0) is 83.1 Å². The molecule has 1 aromatic heterocycles. The predicted molar refractivity (Wildman–Crippen MR) is 140 cm³/mol. The number of nitrogens with zero attached hydrogens (tertiary/aromatic N) is 1. The van der Waals surface area contributed by atoms with Crippen molar-refractivity contribution in [3.05, 3.63) is 75.9 Å². The summed E-state index contributed by atoms with van der Waals surface area (Å²) in [6.07, 6.45) is 0. The van der Waals surface area contributed by atoms with Crippen LogP contribution in [0.5, 0.6) is 5.75 Å². The van der Waals surface area contributed by atoms with Crippen molar-refractivity contribution in [1.82, 2.24) is 4.98 Å². The van der Waals surface area contributed by atoms with Gasteiger partial charge in [-0.15, -0.1) is 17.0 Å². The number of nitrogens with one attached hydrogen (secondary N) is 1. The van der Waals surface area contributed by atoms with Gasteiger partial charge in [-0.1, -0.05) is 35.6 Å². The average Bonchev–Trinajstić information content (AvgIpc) is 3.16. The van der Waals surface area contributed by atoms with E-state index in [-0.39, 0.29) is 29.7 Å². The number of anilines is 1. The minimum absolute atomic E-state index is 0. The standard InChI is InChI=1S/C23H19IN2O3S.BrH/c1-2-28-14-29-19-10-11-20-21(13-19)30-23(25-20)26-22(27)17-5-3-4-16(12-17)15-6-8-18(24)9-7-15;/h3-13H,2,14H2,1H3,(H,25,26,27);1H. The van der Waals surface area contributed by atoms with Crippen LogP contribution in [-0.4, -0.2) is 24.3 Å². The molecule has 0 unspecified atom stereocenters. The highest BCUT2D eigenvalue weighted by atomic mass is 127. The fraction of sp³-hybridized carbons (Fsp3) is 0.130. The third-order valence-corrected chi connectivity index (χ3v) is 6.05. The van der Waals surface area contributed by atoms with Crippen molar-refractivity contribution >= 4 is 72.2 Å². The summed E-state index contributed by atoms with van der Waals surface area (Å²) in [5.74, 6) is 0.525. The Morgan fingerprint density at radius 1 is 1.06 bits per heavy atom. The van der Waals surface area contributed by atoms with Crippen LogP contribution in [0.25, 0.3) is 21.3 Å². The lowest BCUT2D eigenvalue weighted by atomic mass is 10.0. The maximum atomic E-state index is 12.8.